The van der Waals surface area contributed by atoms with Crippen LogP contribution in [0.15, 0.2) is 14.4 Å². The van der Waals surface area contributed by atoms with E-state index in [2.05, 4.69) is 42.6 Å². The summed E-state index contributed by atoms with van der Waals surface area (Å²) in [5.74, 6) is 0. The fourth-order valence-electron chi connectivity index (χ4n) is 4.48. The van der Waals surface area contributed by atoms with Crippen LogP contribution in [0.1, 0.15) is 0 Å². The van der Waals surface area contributed by atoms with Crippen molar-refractivity contribution in [3.63, 3.8) is 0 Å². The molecule has 33 heteroatoms. The summed E-state index contributed by atoms with van der Waals surface area (Å²) in [5.41, 5.74) is -5.34. The molecule has 0 aliphatic rings. The van der Waals surface area contributed by atoms with Crippen LogP contribution in [0.25, 0.3) is 0 Å². The molecule has 0 radical (unpaired) electrons. The number of ether oxygens (including phenoxy) is 9. The molecular formula is C30H45F12N3O18. The lowest BCUT2D eigenvalue weighted by atomic mass is 10.3. The molecule has 21 nitrogen and oxygen atoms in total. The van der Waals surface area contributed by atoms with Crippen LogP contribution >= 0.6 is 0 Å². The second kappa shape index (κ2) is 26.2. The van der Waals surface area contributed by atoms with E-state index < -0.39 is 191 Å². The monoisotopic (exact) mass is 963 g/mol. The van der Waals surface area contributed by atoms with Crippen molar-refractivity contribution in [1.82, 2.24) is 13.7 Å². The Morgan fingerprint density at radius 2 is 0.571 bits per heavy atom. The van der Waals surface area contributed by atoms with Crippen molar-refractivity contribution in [2.45, 2.75) is 74.6 Å². The highest BCUT2D eigenvalue weighted by Crippen LogP contribution is 2.30. The predicted octanol–water partition coefficient (Wildman–Crippen LogP) is -2.06. The minimum Gasteiger partial charge on any atom is -0.394 e. The molecule has 1 aromatic heterocycles. The topological polar surface area (TPSA) is 270 Å². The first kappa shape index (κ1) is 58.0. The van der Waals surface area contributed by atoms with Gasteiger partial charge in [0.25, 0.3) is 0 Å². The summed E-state index contributed by atoms with van der Waals surface area (Å²) in [5, 5.41) is 56.7. The van der Waals surface area contributed by atoms with E-state index in [0.29, 0.717) is 0 Å². The molecule has 3 atom stereocenters. The number of hydrogen-bond donors (Lipinski definition) is 6. The second-order valence-corrected chi connectivity index (χ2v) is 12.6. The zero-order valence-electron chi connectivity index (χ0n) is 32.4. The summed E-state index contributed by atoms with van der Waals surface area (Å²) in [7, 11) is 0. The molecular weight excluding hydrogens is 918 g/mol. The first-order chi connectivity index (χ1) is 29.0. The average Bonchev–Trinajstić information content (AvgIpc) is 3.12. The minimum atomic E-state index is -4.78. The molecule has 0 aromatic carbocycles. The molecule has 6 N–H and O–H groups in total. The van der Waals surface area contributed by atoms with Gasteiger partial charge in [0, 0.05) is 0 Å². The van der Waals surface area contributed by atoms with Crippen LogP contribution in [0.2, 0.25) is 0 Å². The smallest absolute Gasteiger partial charge is 0.383 e. The van der Waals surface area contributed by atoms with E-state index in [1.165, 1.54) is 0 Å². The van der Waals surface area contributed by atoms with Gasteiger partial charge in [-0.2, -0.15) is 52.7 Å². The highest BCUT2D eigenvalue weighted by molar-refractivity contribution is 4.83. The minimum absolute atomic E-state index is 0.0796. The van der Waals surface area contributed by atoms with E-state index in [0.717, 1.165) is 0 Å². The Morgan fingerprint density at radius 3 is 0.762 bits per heavy atom. The normalized spacial score (nSPS) is 15.0. The maximum absolute atomic E-state index is 14.0. The molecule has 0 amide bonds. The molecule has 3 unspecified atom stereocenters. The molecule has 63 heavy (non-hydrogen) atoms. The van der Waals surface area contributed by atoms with Gasteiger partial charge in [0.2, 0.25) is 0 Å². The number of hydrogen-bond acceptors (Lipinski definition) is 18. The van der Waals surface area contributed by atoms with Gasteiger partial charge in [-0.05, 0) is 0 Å². The van der Waals surface area contributed by atoms with E-state index >= 15 is 0 Å². The van der Waals surface area contributed by atoms with Crippen molar-refractivity contribution < 1.29 is 126 Å². The van der Waals surface area contributed by atoms with Crippen molar-refractivity contribution in [3.05, 3.63) is 31.5 Å². The lowest BCUT2D eigenvalue weighted by molar-refractivity contribution is -0.394. The van der Waals surface area contributed by atoms with Gasteiger partial charge >= 0.3 is 53.7 Å². The predicted molar refractivity (Wildman–Crippen MR) is 176 cm³/mol. The van der Waals surface area contributed by atoms with Gasteiger partial charge in [-0.15, -0.1) is 0 Å². The van der Waals surface area contributed by atoms with E-state index in [1.807, 2.05) is 0 Å². The average molecular weight is 964 g/mol. The molecule has 0 aliphatic heterocycles. The van der Waals surface area contributed by atoms with Crippen molar-refractivity contribution in [3.8, 4) is 0 Å². The number of rotatable bonds is 36. The third kappa shape index (κ3) is 23.6. The van der Waals surface area contributed by atoms with Crippen LogP contribution < -0.4 is 17.1 Å². The molecule has 1 aromatic rings. The molecule has 372 valence electrons. The van der Waals surface area contributed by atoms with Crippen molar-refractivity contribution in [1.29, 1.82) is 0 Å². The van der Waals surface area contributed by atoms with Crippen LogP contribution in [-0.4, -0.2) is 198 Å². The summed E-state index contributed by atoms with van der Waals surface area (Å²) in [6.07, 6.45) is -34.9. The molecule has 0 fully saturated rings. The highest BCUT2D eigenvalue weighted by Gasteiger charge is 2.47. The molecule has 1 rings (SSSR count). The summed E-state index contributed by atoms with van der Waals surface area (Å²) in [6.45, 7) is -23.4. The van der Waals surface area contributed by atoms with Gasteiger partial charge in [-0.3, -0.25) is 14.2 Å². The van der Waals surface area contributed by atoms with Gasteiger partial charge < -0.3 is 59.1 Å². The molecule has 0 bridgehead atoms. The van der Waals surface area contributed by atoms with Gasteiger partial charge in [0.1, 0.15) is 39.6 Å². The van der Waals surface area contributed by atoms with Gasteiger partial charge in [-0.1, -0.05) is 0 Å². The Morgan fingerprint density at radius 1 is 0.381 bits per heavy atom. The summed E-state index contributed by atoms with van der Waals surface area (Å²) < 4.78 is 201. The summed E-state index contributed by atoms with van der Waals surface area (Å²) >= 11 is 0. The first-order valence-electron chi connectivity index (χ1n) is 17.7. The van der Waals surface area contributed by atoms with E-state index in [1.54, 1.807) is 0 Å². The van der Waals surface area contributed by atoms with Crippen LogP contribution in [0.5, 0.6) is 0 Å². The van der Waals surface area contributed by atoms with Crippen LogP contribution in [0.4, 0.5) is 52.7 Å². The fourth-order valence-corrected chi connectivity index (χ4v) is 4.48. The van der Waals surface area contributed by atoms with Crippen LogP contribution in [0, 0.1) is 0 Å². The van der Waals surface area contributed by atoms with Crippen molar-refractivity contribution in [2.75, 3.05) is 99.1 Å². The molecule has 1 heterocycles. The van der Waals surface area contributed by atoms with E-state index in [-0.39, 0.29) is 13.7 Å². The van der Waals surface area contributed by atoms with Crippen LogP contribution in [0.3, 0.4) is 0 Å². The molecule has 0 saturated carbocycles. The standard InChI is InChI=1S/C30H45F12N3O18/c31-25(32,13-55-4-1-46)61-28(37,38)16-58-10-19(49)7-43-22(52)44(8-20(50)11-59-17-29(39,40)62-26(33,34)14-56-5-2-47)24(54)45(23(43)53)9-21(51)12-60-18-30(41,42)63-27(35,36)15-57-6-3-48/h19-21,46-51H,1-18H2. The largest absolute Gasteiger partial charge is 0.394 e. The third-order valence-electron chi connectivity index (χ3n) is 6.72. The summed E-state index contributed by atoms with van der Waals surface area (Å²) in [4.78, 5) is 39.7. The SMILES string of the molecule is O=c1n(CC(O)COCC(F)(F)OC(F)(F)COCCO)c(=O)n(CC(O)COCC(F)(F)OC(F)(F)COCCO)c(=O)n1CC(O)COCC(F)(F)OC(F)(F)COCCO. The Hall–Kier alpha value is -3.03. The van der Waals surface area contributed by atoms with Crippen molar-refractivity contribution >= 4 is 0 Å². The number of nitrogens with zero attached hydrogens (tertiary/aromatic N) is 3. The quantitative estimate of drug-likeness (QED) is 0.0312. The zero-order valence-corrected chi connectivity index (χ0v) is 32.4. The van der Waals surface area contributed by atoms with Gasteiger partial charge in [-0.25, -0.2) is 28.1 Å². The van der Waals surface area contributed by atoms with E-state index in [9.17, 15) is 82.4 Å². The molecule has 0 spiro atoms. The number of aliphatic hydroxyl groups is 6. The lowest BCUT2D eigenvalue weighted by Crippen LogP contribution is -2.57. The maximum Gasteiger partial charge on any atom is 0.383 e. The highest BCUT2D eigenvalue weighted by atomic mass is 19.3. The Bertz CT molecular complexity index is 1440. The Labute approximate surface area is 345 Å². The van der Waals surface area contributed by atoms with Crippen LogP contribution in [-0.2, 0) is 62.3 Å². The number of alkyl halides is 12. The van der Waals surface area contributed by atoms with E-state index in [4.69, 9.17) is 15.3 Å². The van der Waals surface area contributed by atoms with Crippen molar-refractivity contribution in [2.24, 2.45) is 0 Å². The number of aliphatic hydroxyl groups excluding tert-OH is 6. The molecule has 0 aliphatic carbocycles. The van der Waals surface area contributed by atoms with Gasteiger partial charge in [0.05, 0.1) is 97.4 Å². The number of aromatic nitrogens is 3. The maximum atomic E-state index is 14.0. The Kier molecular flexibility index (Phi) is 24.1. The van der Waals surface area contributed by atoms with Gasteiger partial charge in [0.15, 0.2) is 0 Å². The molecule has 0 saturated heterocycles. The summed E-state index contributed by atoms with van der Waals surface area (Å²) in [6, 6.07) is 0. The lowest BCUT2D eigenvalue weighted by Gasteiger charge is -2.24. The second-order valence-electron chi connectivity index (χ2n) is 12.6. The first-order valence-corrected chi connectivity index (χ1v) is 17.7. The zero-order chi connectivity index (χ0) is 48.3. The third-order valence-corrected chi connectivity index (χ3v) is 6.72. The Balaban J connectivity index is 3.26. The number of halogens is 12. The fraction of sp³-hybridized carbons (Fsp3) is 0.900.